The molecule has 0 aliphatic rings. The van der Waals surface area contributed by atoms with Crippen molar-refractivity contribution in [3.8, 4) is 33.8 Å². The van der Waals surface area contributed by atoms with Crippen molar-refractivity contribution in [2.75, 3.05) is 0 Å². The number of carbonyl (C=O) groups is 2. The third-order valence-electron chi connectivity index (χ3n) is 4.22. The number of benzene rings is 3. The number of carbonyl (C=O) groups excluding carboxylic acids is 2. The molecule has 29 heavy (non-hydrogen) atoms. The van der Waals surface area contributed by atoms with Crippen LogP contribution in [0.4, 0.5) is 0 Å². The quantitative estimate of drug-likeness (QED) is 0.319. The Morgan fingerprint density at radius 1 is 0.655 bits per heavy atom. The van der Waals surface area contributed by atoms with Gasteiger partial charge in [-0.2, -0.15) is 0 Å². The molecule has 0 aliphatic carbocycles. The molecule has 0 spiro atoms. The van der Waals surface area contributed by atoms with Crippen LogP contribution in [0.1, 0.15) is 5.56 Å². The highest BCUT2D eigenvalue weighted by molar-refractivity contribution is 5.84. The summed E-state index contributed by atoms with van der Waals surface area (Å²) in [4.78, 5) is 22.6. The molecule has 4 nitrogen and oxygen atoms in total. The minimum atomic E-state index is -0.488. The van der Waals surface area contributed by atoms with Crippen molar-refractivity contribution in [2.45, 2.75) is 6.92 Å². The molecular formula is C25H20O4. The predicted molar refractivity (Wildman–Crippen MR) is 114 cm³/mol. The molecule has 0 radical (unpaired) electrons. The Balaban J connectivity index is 1.86. The van der Waals surface area contributed by atoms with Crippen molar-refractivity contribution in [3.05, 3.63) is 97.6 Å². The third-order valence-corrected chi connectivity index (χ3v) is 4.22. The number of esters is 2. The molecule has 0 unspecified atom stereocenters. The summed E-state index contributed by atoms with van der Waals surface area (Å²) < 4.78 is 10.2. The van der Waals surface area contributed by atoms with E-state index in [-0.39, 0.29) is 0 Å². The predicted octanol–water partition coefficient (Wildman–Crippen LogP) is 5.51. The number of rotatable bonds is 6. The van der Waals surface area contributed by atoms with E-state index >= 15 is 0 Å². The molecule has 0 bridgehead atoms. The lowest BCUT2D eigenvalue weighted by atomic mass is 9.96. The van der Waals surface area contributed by atoms with E-state index in [1.54, 1.807) is 24.3 Å². The zero-order valence-electron chi connectivity index (χ0n) is 16.1. The molecule has 0 amide bonds. The molecule has 0 saturated carbocycles. The Hall–Kier alpha value is -3.92. The summed E-state index contributed by atoms with van der Waals surface area (Å²) in [5.41, 5.74) is 5.21. The van der Waals surface area contributed by atoms with E-state index in [0.717, 1.165) is 40.0 Å². The molecule has 3 aromatic carbocycles. The van der Waals surface area contributed by atoms with Gasteiger partial charge in [0.25, 0.3) is 0 Å². The van der Waals surface area contributed by atoms with E-state index in [0.29, 0.717) is 11.5 Å². The van der Waals surface area contributed by atoms with E-state index in [1.807, 2.05) is 31.2 Å². The van der Waals surface area contributed by atoms with Crippen molar-refractivity contribution in [2.24, 2.45) is 0 Å². The maximum absolute atomic E-state index is 11.3. The second-order valence-electron chi connectivity index (χ2n) is 6.39. The van der Waals surface area contributed by atoms with Crippen molar-refractivity contribution >= 4 is 11.9 Å². The number of ether oxygens (including phenoxy) is 2. The highest BCUT2D eigenvalue weighted by atomic mass is 16.5. The van der Waals surface area contributed by atoms with Gasteiger partial charge in [0, 0.05) is 12.2 Å². The lowest BCUT2D eigenvalue weighted by molar-refractivity contribution is -0.129. The standard InChI is InChI=1S/C25H20O4/c1-4-24(26)28-22-10-6-18(7-11-22)20-14-17(3)15-21(16-20)19-8-12-23(13-9-19)29-25(27)5-2/h4-16H,1-2H2,3H3. The fourth-order valence-electron chi connectivity index (χ4n) is 2.86. The van der Waals surface area contributed by atoms with Crippen molar-refractivity contribution in [1.82, 2.24) is 0 Å². The van der Waals surface area contributed by atoms with Gasteiger partial charge in [-0.1, -0.05) is 49.6 Å². The minimum Gasteiger partial charge on any atom is -0.423 e. The van der Waals surface area contributed by atoms with Crippen LogP contribution in [0.3, 0.4) is 0 Å². The van der Waals surface area contributed by atoms with Gasteiger partial charge in [-0.25, -0.2) is 9.59 Å². The van der Waals surface area contributed by atoms with E-state index in [4.69, 9.17) is 9.47 Å². The van der Waals surface area contributed by atoms with Crippen LogP contribution in [-0.4, -0.2) is 11.9 Å². The topological polar surface area (TPSA) is 52.6 Å². The molecule has 4 heteroatoms. The van der Waals surface area contributed by atoms with Gasteiger partial charge in [0.1, 0.15) is 11.5 Å². The fraction of sp³-hybridized carbons (Fsp3) is 0.0400. The van der Waals surface area contributed by atoms with Gasteiger partial charge in [0.05, 0.1) is 0 Å². The van der Waals surface area contributed by atoms with Crippen LogP contribution in [0.15, 0.2) is 92.0 Å². The molecule has 0 aromatic heterocycles. The Bertz CT molecular complexity index is 977. The highest BCUT2D eigenvalue weighted by Gasteiger charge is 2.07. The summed E-state index contributed by atoms with van der Waals surface area (Å²) in [6.07, 6.45) is 2.26. The monoisotopic (exact) mass is 384 g/mol. The molecular weight excluding hydrogens is 364 g/mol. The normalized spacial score (nSPS) is 10.1. The van der Waals surface area contributed by atoms with E-state index in [2.05, 4.69) is 31.4 Å². The van der Waals surface area contributed by atoms with Gasteiger partial charge in [0.15, 0.2) is 0 Å². The van der Waals surface area contributed by atoms with Crippen LogP contribution in [0.5, 0.6) is 11.5 Å². The van der Waals surface area contributed by atoms with Gasteiger partial charge < -0.3 is 9.47 Å². The zero-order valence-corrected chi connectivity index (χ0v) is 16.1. The summed E-state index contributed by atoms with van der Waals surface area (Å²) in [6, 6.07) is 20.9. The summed E-state index contributed by atoms with van der Waals surface area (Å²) in [5, 5.41) is 0. The first-order chi connectivity index (χ1) is 14.0. The van der Waals surface area contributed by atoms with Crippen molar-refractivity contribution in [1.29, 1.82) is 0 Å². The maximum atomic E-state index is 11.3. The molecule has 0 saturated heterocycles. The number of hydrogen-bond donors (Lipinski definition) is 0. The summed E-state index contributed by atoms with van der Waals surface area (Å²) in [6.45, 7) is 8.82. The lowest BCUT2D eigenvalue weighted by Crippen LogP contribution is -2.02. The lowest BCUT2D eigenvalue weighted by Gasteiger charge is -2.10. The number of hydrogen-bond acceptors (Lipinski definition) is 4. The Labute approximate surface area is 169 Å². The molecule has 0 heterocycles. The van der Waals surface area contributed by atoms with Crippen LogP contribution in [0.25, 0.3) is 22.3 Å². The Kier molecular flexibility index (Phi) is 6.05. The SMILES string of the molecule is C=CC(=O)Oc1ccc(-c2cc(C)cc(-c3ccc(OC(=O)C=C)cc3)c2)cc1. The molecule has 0 aliphatic heterocycles. The van der Waals surface area contributed by atoms with E-state index < -0.39 is 11.9 Å². The maximum Gasteiger partial charge on any atom is 0.335 e. The van der Waals surface area contributed by atoms with E-state index in [1.165, 1.54) is 0 Å². The number of aryl methyl sites for hydroxylation is 1. The summed E-state index contributed by atoms with van der Waals surface area (Å²) >= 11 is 0. The van der Waals surface area contributed by atoms with Crippen molar-refractivity contribution < 1.29 is 19.1 Å². The van der Waals surface area contributed by atoms with Crippen LogP contribution >= 0.6 is 0 Å². The van der Waals surface area contributed by atoms with Crippen LogP contribution in [0, 0.1) is 6.92 Å². The second-order valence-corrected chi connectivity index (χ2v) is 6.39. The van der Waals surface area contributed by atoms with Gasteiger partial charge in [-0.3, -0.25) is 0 Å². The minimum absolute atomic E-state index is 0.469. The van der Waals surface area contributed by atoms with E-state index in [9.17, 15) is 9.59 Å². The zero-order chi connectivity index (χ0) is 20.8. The average Bonchev–Trinajstić information content (AvgIpc) is 2.74. The first kappa shape index (κ1) is 19.8. The smallest absolute Gasteiger partial charge is 0.335 e. The molecule has 3 aromatic rings. The van der Waals surface area contributed by atoms with Crippen LogP contribution < -0.4 is 9.47 Å². The molecule has 0 N–H and O–H groups in total. The van der Waals surface area contributed by atoms with Crippen LogP contribution in [-0.2, 0) is 9.59 Å². The van der Waals surface area contributed by atoms with Crippen LogP contribution in [0.2, 0.25) is 0 Å². The first-order valence-electron chi connectivity index (χ1n) is 8.99. The Morgan fingerprint density at radius 2 is 1.03 bits per heavy atom. The Morgan fingerprint density at radius 3 is 1.38 bits per heavy atom. The highest BCUT2D eigenvalue weighted by Crippen LogP contribution is 2.30. The second kappa shape index (κ2) is 8.85. The third kappa shape index (κ3) is 5.08. The summed E-state index contributed by atoms with van der Waals surface area (Å²) in [7, 11) is 0. The molecule has 144 valence electrons. The molecule has 3 rings (SSSR count). The van der Waals surface area contributed by atoms with Gasteiger partial charge in [0.2, 0.25) is 0 Å². The van der Waals surface area contributed by atoms with Crippen molar-refractivity contribution in [3.63, 3.8) is 0 Å². The molecule has 0 atom stereocenters. The molecule has 0 fully saturated rings. The summed E-state index contributed by atoms with van der Waals surface area (Å²) in [5.74, 6) is -0.0389. The fourth-order valence-corrected chi connectivity index (χ4v) is 2.86. The largest absolute Gasteiger partial charge is 0.423 e. The average molecular weight is 384 g/mol. The van der Waals surface area contributed by atoms with Gasteiger partial charge >= 0.3 is 11.9 Å². The van der Waals surface area contributed by atoms with Gasteiger partial charge in [-0.05, 0) is 65.1 Å². The first-order valence-corrected chi connectivity index (χ1v) is 8.99. The van der Waals surface area contributed by atoms with Gasteiger partial charge in [-0.15, -0.1) is 0 Å².